The van der Waals surface area contributed by atoms with Crippen molar-refractivity contribution < 1.29 is 19.0 Å². The Morgan fingerprint density at radius 2 is 2.00 bits per heavy atom. The summed E-state index contributed by atoms with van der Waals surface area (Å²) in [5, 5.41) is 10.1. The predicted molar refractivity (Wildman–Crippen MR) is 105 cm³/mol. The van der Waals surface area contributed by atoms with E-state index in [9.17, 15) is 9.90 Å². The molecule has 2 aromatic rings. The van der Waals surface area contributed by atoms with Crippen LogP contribution in [0.25, 0.3) is 11.1 Å². The Labute approximate surface area is 164 Å². The molecule has 1 aliphatic heterocycles. The van der Waals surface area contributed by atoms with Crippen LogP contribution in [0.2, 0.25) is 0 Å². The van der Waals surface area contributed by atoms with Gasteiger partial charge in [0.05, 0.1) is 6.61 Å². The van der Waals surface area contributed by atoms with Crippen molar-refractivity contribution in [1.29, 1.82) is 0 Å². The van der Waals surface area contributed by atoms with E-state index in [1.807, 2.05) is 36.4 Å². The molecule has 4 rings (SSSR count). The topological polar surface area (TPSA) is 49.8 Å². The first-order chi connectivity index (χ1) is 13.5. The molecular formula is C23H26FNO3. The molecule has 1 saturated carbocycles. The Morgan fingerprint density at radius 3 is 2.68 bits per heavy atom. The molecule has 4 nitrogen and oxygen atoms in total. The third-order valence-corrected chi connectivity index (χ3v) is 6.08. The van der Waals surface area contributed by atoms with Crippen LogP contribution >= 0.6 is 0 Å². The molecule has 1 heterocycles. The highest BCUT2D eigenvalue weighted by atomic mass is 19.1. The predicted octanol–water partition coefficient (Wildman–Crippen LogP) is 3.42. The van der Waals surface area contributed by atoms with E-state index in [1.54, 1.807) is 17.0 Å². The summed E-state index contributed by atoms with van der Waals surface area (Å²) in [7, 11) is 1.46. The van der Waals surface area contributed by atoms with Gasteiger partial charge in [-0.15, -0.1) is 0 Å². The first-order valence-corrected chi connectivity index (χ1v) is 9.83. The van der Waals surface area contributed by atoms with Gasteiger partial charge in [-0.25, -0.2) is 4.39 Å². The van der Waals surface area contributed by atoms with Crippen LogP contribution in [0, 0.1) is 11.2 Å². The average Bonchev–Trinajstić information content (AvgIpc) is 3.36. The van der Waals surface area contributed by atoms with Crippen LogP contribution in [0.1, 0.15) is 24.8 Å². The maximum atomic E-state index is 15.3. The second-order valence-corrected chi connectivity index (χ2v) is 8.14. The number of methoxy groups -OCH3 is 1. The number of carbonyl (C=O) groups is 1. The van der Waals surface area contributed by atoms with E-state index in [0.29, 0.717) is 24.1 Å². The zero-order valence-corrected chi connectivity index (χ0v) is 16.1. The number of amides is 1. The minimum atomic E-state index is -1.16. The van der Waals surface area contributed by atoms with Crippen molar-refractivity contribution in [2.45, 2.75) is 37.8 Å². The van der Waals surface area contributed by atoms with Crippen LogP contribution in [0.3, 0.4) is 0 Å². The summed E-state index contributed by atoms with van der Waals surface area (Å²) >= 11 is 0. The van der Waals surface area contributed by atoms with E-state index in [1.165, 1.54) is 7.11 Å². The quantitative estimate of drug-likeness (QED) is 0.832. The first kappa shape index (κ1) is 19.1. The normalized spacial score (nSPS) is 21.1. The van der Waals surface area contributed by atoms with Crippen LogP contribution in [-0.2, 0) is 16.0 Å². The van der Waals surface area contributed by atoms with Gasteiger partial charge in [0.1, 0.15) is 5.82 Å². The SMILES string of the molecule is COC[C@H](O)C(=O)N1CC2(CC2)C[C@@H]1Cc1cccc(-c2ccccc2)c1F. The van der Waals surface area contributed by atoms with Crippen LogP contribution < -0.4 is 0 Å². The van der Waals surface area contributed by atoms with Crippen LogP contribution in [0.5, 0.6) is 0 Å². The molecule has 1 N–H and O–H groups in total. The van der Waals surface area contributed by atoms with E-state index in [-0.39, 0.29) is 29.8 Å². The number of aliphatic hydroxyl groups is 1. The zero-order chi connectivity index (χ0) is 19.7. The van der Waals surface area contributed by atoms with E-state index >= 15 is 4.39 Å². The molecule has 1 saturated heterocycles. The molecule has 2 atom stereocenters. The monoisotopic (exact) mass is 383 g/mol. The number of halogens is 1. The summed E-state index contributed by atoms with van der Waals surface area (Å²) in [5.74, 6) is -0.537. The van der Waals surface area contributed by atoms with Gasteiger partial charge in [-0.05, 0) is 42.2 Å². The minimum absolute atomic E-state index is 0.0209. The highest BCUT2D eigenvalue weighted by Crippen LogP contribution is 2.55. The Morgan fingerprint density at radius 1 is 1.25 bits per heavy atom. The molecule has 1 amide bonds. The largest absolute Gasteiger partial charge is 0.381 e. The molecule has 148 valence electrons. The molecule has 1 spiro atoms. The molecule has 1 aliphatic carbocycles. The lowest BCUT2D eigenvalue weighted by Gasteiger charge is -2.27. The number of carbonyl (C=O) groups excluding carboxylic acids is 1. The molecule has 2 fully saturated rings. The van der Waals surface area contributed by atoms with Crippen molar-refractivity contribution in [2.75, 3.05) is 20.3 Å². The number of ether oxygens (including phenoxy) is 1. The Balaban J connectivity index is 1.58. The lowest BCUT2D eigenvalue weighted by Crippen LogP contribution is -2.44. The summed E-state index contributed by atoms with van der Waals surface area (Å²) in [4.78, 5) is 14.5. The van der Waals surface area contributed by atoms with Crippen LogP contribution in [0.15, 0.2) is 48.5 Å². The van der Waals surface area contributed by atoms with Crippen LogP contribution in [0.4, 0.5) is 4.39 Å². The van der Waals surface area contributed by atoms with Crippen molar-refractivity contribution in [1.82, 2.24) is 4.90 Å². The minimum Gasteiger partial charge on any atom is -0.381 e. The van der Waals surface area contributed by atoms with Crippen molar-refractivity contribution in [2.24, 2.45) is 5.41 Å². The van der Waals surface area contributed by atoms with Gasteiger partial charge in [0, 0.05) is 25.3 Å². The van der Waals surface area contributed by atoms with Gasteiger partial charge >= 0.3 is 0 Å². The number of hydrogen-bond donors (Lipinski definition) is 1. The number of benzene rings is 2. The van der Waals surface area contributed by atoms with Crippen molar-refractivity contribution in [3.05, 3.63) is 59.9 Å². The summed E-state index contributed by atoms with van der Waals surface area (Å²) < 4.78 is 20.2. The van der Waals surface area contributed by atoms with Gasteiger partial charge in [-0.2, -0.15) is 0 Å². The molecule has 0 unspecified atom stereocenters. The van der Waals surface area contributed by atoms with Gasteiger partial charge in [0.15, 0.2) is 6.10 Å². The van der Waals surface area contributed by atoms with Gasteiger partial charge < -0.3 is 14.7 Å². The fourth-order valence-corrected chi connectivity index (χ4v) is 4.40. The van der Waals surface area contributed by atoms with Gasteiger partial charge in [-0.3, -0.25) is 4.79 Å². The number of likely N-dealkylation sites (tertiary alicyclic amines) is 1. The van der Waals surface area contributed by atoms with E-state index in [0.717, 1.165) is 24.8 Å². The zero-order valence-electron chi connectivity index (χ0n) is 16.1. The first-order valence-electron chi connectivity index (χ1n) is 9.83. The third-order valence-electron chi connectivity index (χ3n) is 6.08. The Hall–Kier alpha value is -2.24. The van der Waals surface area contributed by atoms with E-state index in [4.69, 9.17) is 4.74 Å². The maximum Gasteiger partial charge on any atom is 0.254 e. The average molecular weight is 383 g/mol. The Bertz CT molecular complexity index is 850. The van der Waals surface area contributed by atoms with Crippen LogP contribution in [-0.4, -0.2) is 48.3 Å². The number of rotatable bonds is 6. The molecule has 2 aromatic carbocycles. The number of hydrogen-bond acceptors (Lipinski definition) is 3. The second-order valence-electron chi connectivity index (χ2n) is 8.14. The van der Waals surface area contributed by atoms with Gasteiger partial charge in [0.2, 0.25) is 0 Å². The van der Waals surface area contributed by atoms with Crippen molar-refractivity contribution in [3.8, 4) is 11.1 Å². The fourth-order valence-electron chi connectivity index (χ4n) is 4.40. The molecular weight excluding hydrogens is 357 g/mol. The smallest absolute Gasteiger partial charge is 0.254 e. The van der Waals surface area contributed by atoms with Gasteiger partial charge in [0.25, 0.3) is 5.91 Å². The second kappa shape index (κ2) is 7.64. The summed E-state index contributed by atoms with van der Waals surface area (Å²) in [6.07, 6.45) is 2.36. The fraction of sp³-hybridized carbons (Fsp3) is 0.435. The lowest BCUT2D eigenvalue weighted by molar-refractivity contribution is -0.143. The molecule has 5 heteroatoms. The van der Waals surface area contributed by atoms with E-state index in [2.05, 4.69) is 0 Å². The highest BCUT2D eigenvalue weighted by Gasteiger charge is 2.53. The maximum absolute atomic E-state index is 15.3. The van der Waals surface area contributed by atoms with Crippen molar-refractivity contribution >= 4 is 5.91 Å². The molecule has 0 aromatic heterocycles. The summed E-state index contributed by atoms with van der Waals surface area (Å²) in [6, 6.07) is 14.9. The molecule has 0 bridgehead atoms. The van der Waals surface area contributed by atoms with Gasteiger partial charge in [-0.1, -0.05) is 48.5 Å². The number of aliphatic hydroxyl groups excluding tert-OH is 1. The lowest BCUT2D eigenvalue weighted by atomic mass is 9.95. The van der Waals surface area contributed by atoms with E-state index < -0.39 is 6.10 Å². The molecule has 2 aliphatic rings. The van der Waals surface area contributed by atoms with Crippen molar-refractivity contribution in [3.63, 3.8) is 0 Å². The molecule has 0 radical (unpaired) electrons. The third kappa shape index (κ3) is 3.69. The number of nitrogens with zero attached hydrogens (tertiary/aromatic N) is 1. The Kier molecular flexibility index (Phi) is 5.21. The summed E-state index contributed by atoms with van der Waals surface area (Å²) in [6.45, 7) is 0.629. The molecule has 28 heavy (non-hydrogen) atoms. The highest BCUT2D eigenvalue weighted by molar-refractivity contribution is 5.81. The standard InChI is InChI=1S/C23H26FNO3/c1-28-14-20(26)22(27)25-15-23(10-11-23)13-18(25)12-17-8-5-9-19(21(17)24)16-6-3-2-4-7-16/h2-9,18,20,26H,10-15H2,1H3/t18-,20-/m0/s1. The summed E-state index contributed by atoms with van der Waals surface area (Å²) in [5.41, 5.74) is 2.20.